The quantitative estimate of drug-likeness (QED) is 0.620. The number of hydrogen-bond acceptors (Lipinski definition) is 2. The first-order chi connectivity index (χ1) is 5.06. The highest BCUT2D eigenvalue weighted by Crippen LogP contribution is 2.04. The molecule has 0 aliphatic rings. The van der Waals surface area contributed by atoms with Crippen LogP contribution in [-0.4, -0.2) is 12.8 Å². The fraction of sp³-hybridized carbons (Fsp3) is 0.667. The van der Waals surface area contributed by atoms with Crippen LogP contribution in [0.4, 0.5) is 0 Å². The lowest BCUT2D eigenvalue weighted by molar-refractivity contribution is 0.638. The summed E-state index contributed by atoms with van der Waals surface area (Å²) >= 11 is 0. The Morgan fingerprint density at radius 1 is 1.55 bits per heavy atom. The molecule has 0 fully saturated rings. The molecule has 0 unspecified atom stereocenters. The predicted molar refractivity (Wildman–Crippen MR) is 50.8 cm³/mol. The predicted octanol–water partition coefficient (Wildman–Crippen LogP) is 1.97. The average Bonchev–Trinajstić information content (AvgIpc) is 1.85. The second-order valence-corrected chi connectivity index (χ2v) is 3.18. The fourth-order valence-corrected chi connectivity index (χ4v) is 0.863. The normalized spacial score (nSPS) is 14.3. The van der Waals surface area contributed by atoms with Gasteiger partial charge in [0.15, 0.2) is 0 Å². The molecule has 0 spiro atoms. The van der Waals surface area contributed by atoms with E-state index < -0.39 is 0 Å². The standard InChI is InChI=1S/C9H18N2/c1-7(2)5-9(10)6-8(3)11-4/h6-7H,5,10H2,1-4H3/b9-6-,11-8?. The molecule has 0 aromatic heterocycles. The van der Waals surface area contributed by atoms with Gasteiger partial charge >= 0.3 is 0 Å². The van der Waals surface area contributed by atoms with Crippen LogP contribution in [-0.2, 0) is 0 Å². The van der Waals surface area contributed by atoms with Crippen molar-refractivity contribution in [1.29, 1.82) is 0 Å². The maximum absolute atomic E-state index is 5.73. The van der Waals surface area contributed by atoms with Crippen molar-refractivity contribution < 1.29 is 0 Å². The highest BCUT2D eigenvalue weighted by Gasteiger charge is 1.95. The molecule has 64 valence electrons. The van der Waals surface area contributed by atoms with Crippen LogP contribution in [0, 0.1) is 5.92 Å². The van der Waals surface area contributed by atoms with Gasteiger partial charge in [-0.25, -0.2) is 0 Å². The number of allylic oxidation sites excluding steroid dienone is 2. The van der Waals surface area contributed by atoms with Crippen LogP contribution < -0.4 is 5.73 Å². The van der Waals surface area contributed by atoms with Gasteiger partial charge in [-0.2, -0.15) is 0 Å². The number of rotatable bonds is 3. The third-order valence-electron chi connectivity index (χ3n) is 1.39. The Labute approximate surface area is 69.2 Å². The first-order valence-electron chi connectivity index (χ1n) is 3.95. The molecule has 0 saturated carbocycles. The van der Waals surface area contributed by atoms with Gasteiger partial charge in [-0.3, -0.25) is 4.99 Å². The lowest BCUT2D eigenvalue weighted by Crippen LogP contribution is -2.03. The van der Waals surface area contributed by atoms with Gasteiger partial charge < -0.3 is 5.73 Å². The van der Waals surface area contributed by atoms with Gasteiger partial charge in [-0.15, -0.1) is 0 Å². The van der Waals surface area contributed by atoms with E-state index in [2.05, 4.69) is 18.8 Å². The number of aliphatic imine (C=N–C) groups is 1. The number of nitrogens with two attached hydrogens (primary N) is 1. The summed E-state index contributed by atoms with van der Waals surface area (Å²) in [6.07, 6.45) is 2.88. The Morgan fingerprint density at radius 3 is 2.45 bits per heavy atom. The summed E-state index contributed by atoms with van der Waals surface area (Å²) in [7, 11) is 1.77. The maximum Gasteiger partial charge on any atom is 0.0330 e. The van der Waals surface area contributed by atoms with Crippen LogP contribution in [0.3, 0.4) is 0 Å². The first kappa shape index (κ1) is 10.2. The average molecular weight is 154 g/mol. The smallest absolute Gasteiger partial charge is 0.0330 e. The molecule has 0 bridgehead atoms. The second kappa shape index (κ2) is 4.94. The minimum absolute atomic E-state index is 0.621. The Balaban J connectivity index is 4.01. The van der Waals surface area contributed by atoms with Gasteiger partial charge in [-0.1, -0.05) is 13.8 Å². The van der Waals surface area contributed by atoms with E-state index in [4.69, 9.17) is 5.73 Å². The van der Waals surface area contributed by atoms with Crippen molar-refractivity contribution in [3.8, 4) is 0 Å². The van der Waals surface area contributed by atoms with Crippen molar-refractivity contribution in [2.24, 2.45) is 16.6 Å². The molecule has 0 aromatic rings. The largest absolute Gasteiger partial charge is 0.402 e. The van der Waals surface area contributed by atoms with Crippen molar-refractivity contribution in [2.75, 3.05) is 7.05 Å². The molecular formula is C9H18N2. The molecule has 0 amide bonds. The van der Waals surface area contributed by atoms with Crippen LogP contribution in [0.2, 0.25) is 0 Å². The molecule has 2 heteroatoms. The second-order valence-electron chi connectivity index (χ2n) is 3.18. The molecule has 0 saturated heterocycles. The monoisotopic (exact) mass is 154 g/mol. The van der Waals surface area contributed by atoms with Gasteiger partial charge in [0.25, 0.3) is 0 Å². The molecule has 0 aliphatic heterocycles. The minimum Gasteiger partial charge on any atom is -0.402 e. The Hall–Kier alpha value is -0.790. The third kappa shape index (κ3) is 5.64. The summed E-state index contributed by atoms with van der Waals surface area (Å²) in [6.45, 7) is 6.26. The lowest BCUT2D eigenvalue weighted by atomic mass is 10.1. The lowest BCUT2D eigenvalue weighted by Gasteiger charge is -2.03. The summed E-state index contributed by atoms with van der Waals surface area (Å²) in [6, 6.07) is 0. The van der Waals surface area contributed by atoms with Gasteiger partial charge in [0.1, 0.15) is 0 Å². The topological polar surface area (TPSA) is 38.4 Å². The van der Waals surface area contributed by atoms with Crippen LogP contribution in [0.25, 0.3) is 0 Å². The van der Waals surface area contributed by atoms with E-state index in [0.717, 1.165) is 17.8 Å². The van der Waals surface area contributed by atoms with E-state index >= 15 is 0 Å². The molecule has 0 atom stereocenters. The SMILES string of the molecule is CN=C(C)/C=C(\N)CC(C)C. The van der Waals surface area contributed by atoms with Gasteiger partial charge in [-0.05, 0) is 25.3 Å². The van der Waals surface area contributed by atoms with E-state index in [0.29, 0.717) is 5.92 Å². The van der Waals surface area contributed by atoms with E-state index in [1.165, 1.54) is 0 Å². The molecule has 0 radical (unpaired) electrons. The summed E-state index contributed by atoms with van der Waals surface area (Å²) in [5, 5.41) is 0. The van der Waals surface area contributed by atoms with Gasteiger partial charge in [0.2, 0.25) is 0 Å². The van der Waals surface area contributed by atoms with Gasteiger partial charge in [0.05, 0.1) is 0 Å². The molecule has 11 heavy (non-hydrogen) atoms. The highest BCUT2D eigenvalue weighted by molar-refractivity contribution is 5.93. The van der Waals surface area contributed by atoms with E-state index in [-0.39, 0.29) is 0 Å². The number of nitrogens with zero attached hydrogens (tertiary/aromatic N) is 1. The zero-order valence-corrected chi connectivity index (χ0v) is 7.89. The summed E-state index contributed by atoms with van der Waals surface area (Å²) in [5.74, 6) is 0.621. The van der Waals surface area contributed by atoms with E-state index in [9.17, 15) is 0 Å². The van der Waals surface area contributed by atoms with Crippen LogP contribution in [0.5, 0.6) is 0 Å². The van der Waals surface area contributed by atoms with Crippen LogP contribution in [0.1, 0.15) is 27.2 Å². The summed E-state index contributed by atoms with van der Waals surface area (Å²) in [5.41, 5.74) is 7.64. The van der Waals surface area contributed by atoms with Crippen LogP contribution in [0.15, 0.2) is 16.8 Å². The van der Waals surface area contributed by atoms with Crippen molar-refractivity contribution in [3.63, 3.8) is 0 Å². The Kier molecular flexibility index (Phi) is 4.59. The summed E-state index contributed by atoms with van der Waals surface area (Å²) < 4.78 is 0. The minimum atomic E-state index is 0.621. The van der Waals surface area contributed by atoms with Crippen LogP contribution >= 0.6 is 0 Å². The van der Waals surface area contributed by atoms with Crippen molar-refractivity contribution in [2.45, 2.75) is 27.2 Å². The zero-order chi connectivity index (χ0) is 8.85. The fourth-order valence-electron chi connectivity index (χ4n) is 0.863. The molecule has 0 aliphatic carbocycles. The molecule has 0 aromatic carbocycles. The first-order valence-corrected chi connectivity index (χ1v) is 3.95. The molecule has 0 rings (SSSR count). The summed E-state index contributed by atoms with van der Waals surface area (Å²) in [4.78, 5) is 4.00. The van der Waals surface area contributed by atoms with Gasteiger partial charge in [0, 0.05) is 18.5 Å². The molecular weight excluding hydrogens is 136 g/mol. The maximum atomic E-state index is 5.73. The van der Waals surface area contributed by atoms with Crippen molar-refractivity contribution >= 4 is 5.71 Å². The Bertz CT molecular complexity index is 166. The van der Waals surface area contributed by atoms with E-state index in [1.54, 1.807) is 7.05 Å². The molecule has 2 N–H and O–H groups in total. The Morgan fingerprint density at radius 2 is 2.09 bits per heavy atom. The van der Waals surface area contributed by atoms with Crippen molar-refractivity contribution in [1.82, 2.24) is 0 Å². The van der Waals surface area contributed by atoms with E-state index in [1.807, 2.05) is 13.0 Å². The van der Waals surface area contributed by atoms with Crippen molar-refractivity contribution in [3.05, 3.63) is 11.8 Å². The molecule has 2 nitrogen and oxygen atoms in total. The highest BCUT2D eigenvalue weighted by atomic mass is 14.7. The number of hydrogen-bond donors (Lipinski definition) is 1. The third-order valence-corrected chi connectivity index (χ3v) is 1.39. The zero-order valence-electron chi connectivity index (χ0n) is 7.89. The molecule has 0 heterocycles.